The number of amides is 2. The second-order valence-corrected chi connectivity index (χ2v) is 3.58. The third kappa shape index (κ3) is 3.31. The highest BCUT2D eigenvalue weighted by Gasteiger charge is 2.09. The number of hydrogen-bond acceptors (Lipinski definition) is 2. The Morgan fingerprint density at radius 2 is 2.25 bits per heavy atom. The first-order valence-electron chi connectivity index (χ1n) is 5.09. The van der Waals surface area contributed by atoms with Crippen LogP contribution in [0.15, 0.2) is 18.2 Å². The van der Waals surface area contributed by atoms with Gasteiger partial charge in [-0.15, -0.1) is 0 Å². The van der Waals surface area contributed by atoms with Crippen molar-refractivity contribution in [3.8, 4) is 5.75 Å². The van der Waals surface area contributed by atoms with Gasteiger partial charge in [-0.3, -0.25) is 0 Å². The minimum atomic E-state index is -0.302. The standard InChI is InChI=1S/C11H15ClN2O2/c1-3-7-16-10-8(12)5-4-6-9(10)14-11(15)13-2/h4-6H,3,7H2,1-2H3,(H2,13,14,15). The summed E-state index contributed by atoms with van der Waals surface area (Å²) in [5.74, 6) is 0.509. The zero-order valence-electron chi connectivity index (χ0n) is 9.34. The average Bonchev–Trinajstić information content (AvgIpc) is 2.28. The predicted octanol–water partition coefficient (Wildman–Crippen LogP) is 2.88. The Morgan fingerprint density at radius 1 is 1.50 bits per heavy atom. The van der Waals surface area contributed by atoms with Gasteiger partial charge in [0.05, 0.1) is 17.3 Å². The number of halogens is 1. The molecule has 16 heavy (non-hydrogen) atoms. The lowest BCUT2D eigenvalue weighted by Gasteiger charge is -2.13. The van der Waals surface area contributed by atoms with Crippen LogP contribution in [0.2, 0.25) is 5.02 Å². The molecule has 0 spiro atoms. The van der Waals surface area contributed by atoms with E-state index in [1.807, 2.05) is 6.92 Å². The SMILES string of the molecule is CCCOc1c(Cl)cccc1NC(=O)NC. The Labute approximate surface area is 99.9 Å². The summed E-state index contributed by atoms with van der Waals surface area (Å²) < 4.78 is 5.49. The van der Waals surface area contributed by atoms with E-state index in [1.165, 1.54) is 0 Å². The lowest BCUT2D eigenvalue weighted by molar-refractivity contribution is 0.253. The lowest BCUT2D eigenvalue weighted by atomic mass is 10.3. The van der Waals surface area contributed by atoms with Gasteiger partial charge in [-0.2, -0.15) is 0 Å². The largest absolute Gasteiger partial charge is 0.490 e. The van der Waals surface area contributed by atoms with Crippen LogP contribution in [0.4, 0.5) is 10.5 Å². The zero-order chi connectivity index (χ0) is 12.0. The van der Waals surface area contributed by atoms with Crippen LogP contribution < -0.4 is 15.4 Å². The maximum absolute atomic E-state index is 11.2. The fraction of sp³-hybridized carbons (Fsp3) is 0.364. The number of carbonyl (C=O) groups excluding carboxylic acids is 1. The van der Waals surface area contributed by atoms with Crippen molar-refractivity contribution in [2.75, 3.05) is 19.0 Å². The molecule has 0 saturated carbocycles. The van der Waals surface area contributed by atoms with Crippen LogP contribution in [-0.4, -0.2) is 19.7 Å². The van der Waals surface area contributed by atoms with E-state index >= 15 is 0 Å². The van der Waals surface area contributed by atoms with Crippen molar-refractivity contribution in [2.45, 2.75) is 13.3 Å². The molecule has 0 fully saturated rings. The average molecular weight is 243 g/mol. The maximum Gasteiger partial charge on any atom is 0.319 e. The Bertz CT molecular complexity index is 369. The Kier molecular flexibility index (Phi) is 4.92. The van der Waals surface area contributed by atoms with Gasteiger partial charge in [0.2, 0.25) is 0 Å². The molecule has 2 amide bonds. The monoisotopic (exact) mass is 242 g/mol. The highest BCUT2D eigenvalue weighted by atomic mass is 35.5. The summed E-state index contributed by atoms with van der Waals surface area (Å²) in [6, 6.07) is 4.92. The Hall–Kier alpha value is -1.42. The lowest BCUT2D eigenvalue weighted by Crippen LogP contribution is -2.24. The third-order valence-corrected chi connectivity index (χ3v) is 2.19. The van der Waals surface area contributed by atoms with Crippen LogP contribution in [0.5, 0.6) is 5.75 Å². The molecule has 0 heterocycles. The van der Waals surface area contributed by atoms with E-state index in [9.17, 15) is 4.79 Å². The van der Waals surface area contributed by atoms with Crippen molar-refractivity contribution in [2.24, 2.45) is 0 Å². The number of anilines is 1. The summed E-state index contributed by atoms with van der Waals surface area (Å²) in [4.78, 5) is 11.2. The van der Waals surface area contributed by atoms with Crippen LogP contribution in [0.25, 0.3) is 0 Å². The van der Waals surface area contributed by atoms with Gasteiger partial charge in [0.15, 0.2) is 5.75 Å². The number of benzene rings is 1. The van der Waals surface area contributed by atoms with Crippen LogP contribution in [0.1, 0.15) is 13.3 Å². The number of para-hydroxylation sites is 1. The third-order valence-electron chi connectivity index (χ3n) is 1.89. The molecule has 0 aliphatic rings. The summed E-state index contributed by atoms with van der Waals surface area (Å²) in [5.41, 5.74) is 0.570. The first kappa shape index (κ1) is 12.6. The second kappa shape index (κ2) is 6.23. The van der Waals surface area contributed by atoms with Gasteiger partial charge < -0.3 is 15.4 Å². The van der Waals surface area contributed by atoms with Crippen LogP contribution in [0, 0.1) is 0 Å². The maximum atomic E-state index is 11.2. The summed E-state index contributed by atoms with van der Waals surface area (Å²) in [6.07, 6.45) is 0.880. The molecule has 88 valence electrons. The number of urea groups is 1. The second-order valence-electron chi connectivity index (χ2n) is 3.17. The topological polar surface area (TPSA) is 50.4 Å². The summed E-state index contributed by atoms with van der Waals surface area (Å²) in [6.45, 7) is 2.56. The number of hydrogen-bond donors (Lipinski definition) is 2. The minimum Gasteiger partial charge on any atom is -0.490 e. The van der Waals surface area contributed by atoms with Gasteiger partial charge in [0.1, 0.15) is 0 Å². The van der Waals surface area contributed by atoms with Gasteiger partial charge in [-0.25, -0.2) is 4.79 Å². The van der Waals surface area contributed by atoms with Crippen molar-refractivity contribution in [3.05, 3.63) is 23.2 Å². The molecule has 0 unspecified atom stereocenters. The van der Waals surface area contributed by atoms with Gasteiger partial charge >= 0.3 is 6.03 Å². The van der Waals surface area contributed by atoms with Gasteiger partial charge in [0, 0.05) is 7.05 Å². The van der Waals surface area contributed by atoms with E-state index < -0.39 is 0 Å². The molecule has 1 rings (SSSR count). The Balaban J connectivity index is 2.88. The smallest absolute Gasteiger partial charge is 0.319 e. The minimum absolute atomic E-state index is 0.302. The van der Waals surface area contributed by atoms with Crippen molar-refractivity contribution in [3.63, 3.8) is 0 Å². The molecule has 0 atom stereocenters. The molecule has 1 aromatic carbocycles. The van der Waals surface area contributed by atoms with Crippen molar-refractivity contribution in [1.29, 1.82) is 0 Å². The molecule has 0 aliphatic heterocycles. The van der Waals surface area contributed by atoms with Crippen molar-refractivity contribution in [1.82, 2.24) is 5.32 Å². The van der Waals surface area contributed by atoms with E-state index in [-0.39, 0.29) is 6.03 Å². The molecule has 2 N–H and O–H groups in total. The molecule has 0 bridgehead atoms. The first-order valence-corrected chi connectivity index (χ1v) is 5.46. The van der Waals surface area contributed by atoms with E-state index in [1.54, 1.807) is 25.2 Å². The zero-order valence-corrected chi connectivity index (χ0v) is 10.1. The van der Waals surface area contributed by atoms with E-state index in [0.717, 1.165) is 6.42 Å². The van der Waals surface area contributed by atoms with Crippen LogP contribution >= 0.6 is 11.6 Å². The molecule has 0 aliphatic carbocycles. The number of carbonyl (C=O) groups is 1. The molecule has 0 saturated heterocycles. The van der Waals surface area contributed by atoms with Gasteiger partial charge in [-0.05, 0) is 18.6 Å². The van der Waals surface area contributed by atoms with E-state index in [0.29, 0.717) is 23.1 Å². The fourth-order valence-electron chi connectivity index (χ4n) is 1.14. The van der Waals surface area contributed by atoms with Gasteiger partial charge in [-0.1, -0.05) is 24.6 Å². The quantitative estimate of drug-likeness (QED) is 0.853. The van der Waals surface area contributed by atoms with Crippen molar-refractivity contribution < 1.29 is 9.53 Å². The molecular formula is C11H15ClN2O2. The number of rotatable bonds is 4. The van der Waals surface area contributed by atoms with E-state index in [2.05, 4.69) is 10.6 Å². The van der Waals surface area contributed by atoms with Crippen molar-refractivity contribution >= 4 is 23.3 Å². The van der Waals surface area contributed by atoms with Crippen LogP contribution in [0.3, 0.4) is 0 Å². The molecule has 5 heteroatoms. The van der Waals surface area contributed by atoms with E-state index in [4.69, 9.17) is 16.3 Å². The molecule has 4 nitrogen and oxygen atoms in total. The predicted molar refractivity (Wildman–Crippen MR) is 65.3 cm³/mol. The molecule has 1 aromatic rings. The molecule has 0 aromatic heterocycles. The molecule has 0 radical (unpaired) electrons. The normalized spacial score (nSPS) is 9.69. The molecular weight excluding hydrogens is 228 g/mol. The van der Waals surface area contributed by atoms with Crippen LogP contribution in [-0.2, 0) is 0 Å². The highest BCUT2D eigenvalue weighted by Crippen LogP contribution is 2.32. The van der Waals surface area contributed by atoms with Gasteiger partial charge in [0.25, 0.3) is 0 Å². The number of nitrogens with one attached hydrogen (secondary N) is 2. The Morgan fingerprint density at radius 3 is 2.88 bits per heavy atom. The summed E-state index contributed by atoms with van der Waals surface area (Å²) in [7, 11) is 1.55. The first-order chi connectivity index (χ1) is 7.69. The fourth-order valence-corrected chi connectivity index (χ4v) is 1.37. The highest BCUT2D eigenvalue weighted by molar-refractivity contribution is 6.32. The summed E-state index contributed by atoms with van der Waals surface area (Å²) >= 11 is 6.00. The number of ether oxygens (including phenoxy) is 1. The summed E-state index contributed by atoms with van der Waals surface area (Å²) in [5, 5.41) is 5.61.